The van der Waals surface area contributed by atoms with Crippen molar-refractivity contribution in [2.45, 2.75) is 13.3 Å². The first-order valence-electron chi connectivity index (χ1n) is 4.05. The van der Waals surface area contributed by atoms with Gasteiger partial charge >= 0.3 is 26.2 Å². The Hall–Kier alpha value is 0.293. The zero-order chi connectivity index (χ0) is 7.68. The van der Waals surface area contributed by atoms with Crippen LogP contribution in [-0.2, 0) is 32.6 Å². The molecule has 0 heterocycles. The molecule has 0 spiro atoms. The molecule has 3 heteroatoms. The van der Waals surface area contributed by atoms with Crippen LogP contribution in [-0.4, -0.2) is 0 Å². The van der Waals surface area contributed by atoms with Crippen LogP contribution in [0.25, 0.3) is 10.8 Å². The van der Waals surface area contributed by atoms with Crippen molar-refractivity contribution in [1.82, 2.24) is 0 Å². The summed E-state index contributed by atoms with van der Waals surface area (Å²) >= 11 is 0. The molecule has 1 radical (unpaired) electrons. The number of hydrogen-bond donors (Lipinski definition) is 0. The normalized spacial score (nSPS) is 8.36. The van der Waals surface area contributed by atoms with Gasteiger partial charge in [0.1, 0.15) is 0 Å². The summed E-state index contributed by atoms with van der Waals surface area (Å²) in [6.07, 6.45) is 1.13. The molecule has 0 aliphatic carbocycles. The van der Waals surface area contributed by atoms with Crippen LogP contribution in [0.1, 0.15) is 12.5 Å². The quantitative estimate of drug-likeness (QED) is 0.497. The van der Waals surface area contributed by atoms with E-state index in [9.17, 15) is 0 Å². The fourth-order valence-electron chi connectivity index (χ4n) is 1.52. The monoisotopic (exact) mass is 303 g/mol. The standard InChI is InChI=1S/C11H11.2ClH.Zr/c1-2-9-7-8-10-5-3-4-6-11(9)10;;;/h3-8H,2H2,1H3;2*1H;/q-1;;;+3/p-2. The van der Waals surface area contributed by atoms with Crippen LogP contribution in [0.3, 0.4) is 0 Å². The van der Waals surface area contributed by atoms with Gasteiger partial charge in [0.25, 0.3) is 0 Å². The van der Waals surface area contributed by atoms with Gasteiger partial charge in [-0.3, -0.25) is 0 Å². The van der Waals surface area contributed by atoms with Crippen LogP contribution in [0.15, 0.2) is 36.4 Å². The molecule has 2 rings (SSSR count). The largest absolute Gasteiger partial charge is 3.00 e. The molecule has 0 N–H and O–H groups in total. The maximum absolute atomic E-state index is 2.21. The van der Waals surface area contributed by atoms with E-state index in [4.69, 9.17) is 0 Å². The Morgan fingerprint density at radius 3 is 2.36 bits per heavy atom. The van der Waals surface area contributed by atoms with Crippen molar-refractivity contribution in [3.8, 4) is 0 Å². The minimum Gasteiger partial charge on any atom is -1.00 e. The van der Waals surface area contributed by atoms with E-state index in [0.29, 0.717) is 0 Å². The first kappa shape index (κ1) is 16.7. The molecule has 0 bridgehead atoms. The fourth-order valence-corrected chi connectivity index (χ4v) is 1.52. The van der Waals surface area contributed by atoms with Gasteiger partial charge in [-0.25, -0.2) is 0 Å². The molecule has 14 heavy (non-hydrogen) atoms. The van der Waals surface area contributed by atoms with Gasteiger partial charge in [-0.15, -0.1) is 40.6 Å². The first-order chi connectivity index (χ1) is 5.42. The maximum atomic E-state index is 2.21. The van der Waals surface area contributed by atoms with E-state index in [2.05, 4.69) is 43.3 Å². The Bertz CT molecular complexity index is 368. The Balaban J connectivity index is 0. The fraction of sp³-hybridized carbons (Fsp3) is 0.182. The average molecular weight is 305 g/mol. The topological polar surface area (TPSA) is 0 Å². The molecule has 0 saturated carbocycles. The minimum absolute atomic E-state index is 0. The molecule has 0 atom stereocenters. The molecule has 0 unspecified atom stereocenters. The maximum Gasteiger partial charge on any atom is 3.00 e. The molecule has 0 aliphatic heterocycles. The summed E-state index contributed by atoms with van der Waals surface area (Å²) in [5.74, 6) is 0. The van der Waals surface area contributed by atoms with Crippen LogP contribution < -0.4 is 24.8 Å². The van der Waals surface area contributed by atoms with Crippen molar-refractivity contribution in [3.05, 3.63) is 42.0 Å². The van der Waals surface area contributed by atoms with E-state index in [-0.39, 0.29) is 51.0 Å². The molecule has 0 fully saturated rings. The van der Waals surface area contributed by atoms with Crippen LogP contribution >= 0.6 is 0 Å². The third-order valence-electron chi connectivity index (χ3n) is 2.15. The van der Waals surface area contributed by atoms with Crippen molar-refractivity contribution in [3.63, 3.8) is 0 Å². The Morgan fingerprint density at radius 2 is 1.71 bits per heavy atom. The number of hydrogen-bond acceptors (Lipinski definition) is 0. The predicted molar refractivity (Wildman–Crippen MR) is 48.9 cm³/mol. The molecule has 0 saturated heterocycles. The van der Waals surface area contributed by atoms with Crippen LogP contribution in [0.4, 0.5) is 0 Å². The second kappa shape index (κ2) is 7.57. The summed E-state index contributed by atoms with van der Waals surface area (Å²) in [7, 11) is 0. The van der Waals surface area contributed by atoms with Crippen LogP contribution in [0.5, 0.6) is 0 Å². The molecule has 0 amide bonds. The molecule has 0 aromatic heterocycles. The van der Waals surface area contributed by atoms with Gasteiger partial charge in [-0.1, -0.05) is 19.4 Å². The molecule has 73 valence electrons. The minimum atomic E-state index is 0. The number of benzene rings is 1. The second-order valence-corrected chi connectivity index (χ2v) is 2.80. The summed E-state index contributed by atoms with van der Waals surface area (Å²) in [5, 5.41) is 2.78. The van der Waals surface area contributed by atoms with Crippen molar-refractivity contribution in [1.29, 1.82) is 0 Å². The van der Waals surface area contributed by atoms with Crippen molar-refractivity contribution in [2.24, 2.45) is 0 Å². The van der Waals surface area contributed by atoms with Crippen molar-refractivity contribution in [2.75, 3.05) is 0 Å². The first-order valence-corrected chi connectivity index (χ1v) is 4.05. The SMILES string of the molecule is CC[c-]1ccc2ccccc21.[Cl-].[Cl-].[Zr+3]. The average Bonchev–Trinajstić information content (AvgIpc) is 2.47. The van der Waals surface area contributed by atoms with Crippen LogP contribution in [0, 0.1) is 0 Å². The summed E-state index contributed by atoms with van der Waals surface area (Å²) in [5.41, 5.74) is 1.46. The smallest absolute Gasteiger partial charge is 1.00 e. The number of aryl methyl sites for hydroxylation is 1. The van der Waals surface area contributed by atoms with Gasteiger partial charge in [0, 0.05) is 0 Å². The molecule has 0 aliphatic rings. The van der Waals surface area contributed by atoms with E-state index in [1.807, 2.05) is 0 Å². The number of rotatable bonds is 1. The van der Waals surface area contributed by atoms with Gasteiger partial charge < -0.3 is 24.8 Å². The van der Waals surface area contributed by atoms with Gasteiger partial charge in [-0.05, 0) is 0 Å². The van der Waals surface area contributed by atoms with Crippen LogP contribution in [0.2, 0.25) is 0 Å². The van der Waals surface area contributed by atoms with E-state index in [1.54, 1.807) is 0 Å². The van der Waals surface area contributed by atoms with E-state index >= 15 is 0 Å². The Labute approximate surface area is 116 Å². The molecular formula is C11H11Cl2Zr. The van der Waals surface area contributed by atoms with E-state index < -0.39 is 0 Å². The van der Waals surface area contributed by atoms with E-state index in [0.717, 1.165) is 6.42 Å². The summed E-state index contributed by atoms with van der Waals surface area (Å²) in [4.78, 5) is 0. The van der Waals surface area contributed by atoms with Gasteiger partial charge in [-0.2, -0.15) is 6.07 Å². The third kappa shape index (κ3) is 3.15. The van der Waals surface area contributed by atoms with Crippen molar-refractivity contribution >= 4 is 10.8 Å². The van der Waals surface area contributed by atoms with E-state index in [1.165, 1.54) is 16.3 Å². The number of fused-ring (bicyclic) bond motifs is 1. The molecule has 2 aromatic carbocycles. The Kier molecular flexibility index (Phi) is 9.03. The van der Waals surface area contributed by atoms with Gasteiger partial charge in [0.05, 0.1) is 0 Å². The zero-order valence-corrected chi connectivity index (χ0v) is 11.9. The second-order valence-electron chi connectivity index (χ2n) is 2.80. The molecule has 0 nitrogen and oxygen atoms in total. The number of halogens is 2. The summed E-state index contributed by atoms with van der Waals surface area (Å²) < 4.78 is 0. The van der Waals surface area contributed by atoms with Gasteiger partial charge in [0.2, 0.25) is 0 Å². The van der Waals surface area contributed by atoms with Gasteiger partial charge in [0.15, 0.2) is 0 Å². The third-order valence-corrected chi connectivity index (χ3v) is 2.15. The molecule has 2 aromatic rings. The molecular weight excluding hydrogens is 294 g/mol. The van der Waals surface area contributed by atoms with Crippen molar-refractivity contribution < 1.29 is 51.0 Å². The summed E-state index contributed by atoms with van der Waals surface area (Å²) in [6.45, 7) is 2.20. The summed E-state index contributed by atoms with van der Waals surface area (Å²) in [6, 6.07) is 12.9. The zero-order valence-electron chi connectivity index (χ0n) is 7.93. The predicted octanol–water partition coefficient (Wildman–Crippen LogP) is -2.87. The Morgan fingerprint density at radius 1 is 1.07 bits per heavy atom.